The smallest absolute Gasteiger partial charge is 0.223 e. The number of aromatic nitrogens is 2. The fourth-order valence-electron chi connectivity index (χ4n) is 2.78. The van der Waals surface area contributed by atoms with Gasteiger partial charge in [-0.2, -0.15) is 4.98 Å². The van der Waals surface area contributed by atoms with Crippen LogP contribution in [0.3, 0.4) is 0 Å². The Hall–Kier alpha value is -2.20. The molecule has 0 aliphatic rings. The first-order chi connectivity index (χ1) is 10.7. The molecule has 114 valence electrons. The first-order valence-corrected chi connectivity index (χ1v) is 7.67. The SMILES string of the molecule is Cc1nc(CN(C)CCCc2cccc3ccccc23)no1. The molecular weight excluding hydrogens is 274 g/mol. The predicted octanol–water partition coefficient (Wildman–Crippen LogP) is 3.60. The summed E-state index contributed by atoms with van der Waals surface area (Å²) >= 11 is 0. The van der Waals surface area contributed by atoms with Gasteiger partial charge in [0.05, 0.1) is 6.54 Å². The Morgan fingerprint density at radius 2 is 1.91 bits per heavy atom. The highest BCUT2D eigenvalue weighted by molar-refractivity contribution is 5.85. The van der Waals surface area contributed by atoms with Crippen LogP contribution < -0.4 is 0 Å². The van der Waals surface area contributed by atoms with Crippen molar-refractivity contribution in [3.05, 3.63) is 59.7 Å². The van der Waals surface area contributed by atoms with Gasteiger partial charge in [0, 0.05) is 6.92 Å². The summed E-state index contributed by atoms with van der Waals surface area (Å²) in [5, 5.41) is 6.61. The Morgan fingerprint density at radius 1 is 1.09 bits per heavy atom. The summed E-state index contributed by atoms with van der Waals surface area (Å²) in [7, 11) is 2.09. The van der Waals surface area contributed by atoms with E-state index in [9.17, 15) is 0 Å². The van der Waals surface area contributed by atoms with Crippen molar-refractivity contribution >= 4 is 10.8 Å². The summed E-state index contributed by atoms with van der Waals surface area (Å²) in [6, 6.07) is 15.1. The van der Waals surface area contributed by atoms with E-state index < -0.39 is 0 Å². The van der Waals surface area contributed by atoms with Gasteiger partial charge in [0.2, 0.25) is 5.89 Å². The van der Waals surface area contributed by atoms with Crippen molar-refractivity contribution in [2.45, 2.75) is 26.3 Å². The molecule has 0 spiro atoms. The Bertz CT molecular complexity index is 745. The van der Waals surface area contributed by atoms with Crippen molar-refractivity contribution in [1.82, 2.24) is 15.0 Å². The largest absolute Gasteiger partial charge is 0.340 e. The van der Waals surface area contributed by atoms with Gasteiger partial charge in [-0.15, -0.1) is 0 Å². The van der Waals surface area contributed by atoms with Crippen LogP contribution >= 0.6 is 0 Å². The Morgan fingerprint density at radius 3 is 2.73 bits per heavy atom. The Labute approximate surface area is 130 Å². The van der Waals surface area contributed by atoms with E-state index in [0.29, 0.717) is 5.89 Å². The minimum absolute atomic E-state index is 0.624. The maximum absolute atomic E-state index is 5.00. The first kappa shape index (κ1) is 14.7. The van der Waals surface area contributed by atoms with Crippen molar-refractivity contribution < 1.29 is 4.52 Å². The van der Waals surface area contributed by atoms with Crippen LogP contribution in [0, 0.1) is 6.92 Å². The molecule has 3 rings (SSSR count). The van der Waals surface area contributed by atoms with E-state index in [1.807, 2.05) is 6.92 Å². The molecule has 4 nitrogen and oxygen atoms in total. The van der Waals surface area contributed by atoms with E-state index in [4.69, 9.17) is 4.52 Å². The van der Waals surface area contributed by atoms with E-state index in [2.05, 4.69) is 64.6 Å². The molecule has 1 heterocycles. The summed E-state index contributed by atoms with van der Waals surface area (Å²) in [6.45, 7) is 3.56. The van der Waals surface area contributed by atoms with Gasteiger partial charge in [-0.25, -0.2) is 0 Å². The third-order valence-electron chi connectivity index (χ3n) is 3.85. The van der Waals surface area contributed by atoms with E-state index in [1.54, 1.807) is 0 Å². The summed E-state index contributed by atoms with van der Waals surface area (Å²) in [5.41, 5.74) is 1.42. The van der Waals surface area contributed by atoms with Crippen LogP contribution in [0.5, 0.6) is 0 Å². The van der Waals surface area contributed by atoms with Gasteiger partial charge >= 0.3 is 0 Å². The second-order valence-corrected chi connectivity index (χ2v) is 5.71. The molecule has 0 amide bonds. The number of hydrogen-bond donors (Lipinski definition) is 0. The zero-order valence-electron chi connectivity index (χ0n) is 13.1. The van der Waals surface area contributed by atoms with Crippen molar-refractivity contribution in [2.24, 2.45) is 0 Å². The number of fused-ring (bicyclic) bond motifs is 1. The standard InChI is InChI=1S/C18H21N3O/c1-14-19-18(20-22-14)13-21(2)12-6-10-16-9-5-8-15-7-3-4-11-17(15)16/h3-5,7-9,11H,6,10,12-13H2,1-2H3. The quantitative estimate of drug-likeness (QED) is 0.697. The summed E-state index contributed by atoms with van der Waals surface area (Å²) < 4.78 is 5.00. The molecule has 0 atom stereocenters. The van der Waals surface area contributed by atoms with E-state index in [1.165, 1.54) is 16.3 Å². The lowest BCUT2D eigenvalue weighted by molar-refractivity contribution is 0.304. The first-order valence-electron chi connectivity index (χ1n) is 7.67. The Balaban J connectivity index is 1.56. The molecule has 0 fully saturated rings. The summed E-state index contributed by atoms with van der Waals surface area (Å²) in [6.07, 6.45) is 2.19. The van der Waals surface area contributed by atoms with Crippen LogP contribution in [0.4, 0.5) is 0 Å². The molecule has 2 aromatic carbocycles. The molecule has 0 saturated heterocycles. The van der Waals surface area contributed by atoms with Crippen molar-refractivity contribution in [3.63, 3.8) is 0 Å². The molecule has 0 radical (unpaired) electrons. The predicted molar refractivity (Wildman–Crippen MR) is 87.6 cm³/mol. The number of benzene rings is 2. The molecule has 0 aliphatic heterocycles. The molecule has 0 bridgehead atoms. The molecule has 4 heteroatoms. The second kappa shape index (κ2) is 6.71. The van der Waals surface area contributed by atoms with Gasteiger partial charge in [-0.05, 0) is 42.8 Å². The fourth-order valence-corrected chi connectivity index (χ4v) is 2.78. The van der Waals surface area contributed by atoms with Crippen LogP contribution in [0.2, 0.25) is 0 Å². The van der Waals surface area contributed by atoms with Crippen molar-refractivity contribution in [2.75, 3.05) is 13.6 Å². The van der Waals surface area contributed by atoms with E-state index in [0.717, 1.165) is 31.8 Å². The van der Waals surface area contributed by atoms with Gasteiger partial charge in [0.1, 0.15) is 0 Å². The average Bonchev–Trinajstić information content (AvgIpc) is 2.92. The fraction of sp³-hybridized carbons (Fsp3) is 0.333. The number of rotatable bonds is 6. The highest BCUT2D eigenvalue weighted by Gasteiger charge is 2.07. The minimum Gasteiger partial charge on any atom is -0.340 e. The second-order valence-electron chi connectivity index (χ2n) is 5.71. The number of aryl methyl sites for hydroxylation is 2. The summed E-state index contributed by atoms with van der Waals surface area (Å²) in [5.74, 6) is 1.38. The maximum Gasteiger partial charge on any atom is 0.223 e. The normalized spacial score (nSPS) is 11.4. The zero-order valence-corrected chi connectivity index (χ0v) is 13.1. The van der Waals surface area contributed by atoms with Crippen LogP contribution in [-0.2, 0) is 13.0 Å². The monoisotopic (exact) mass is 295 g/mol. The van der Waals surface area contributed by atoms with E-state index >= 15 is 0 Å². The highest BCUT2D eigenvalue weighted by Crippen LogP contribution is 2.19. The lowest BCUT2D eigenvalue weighted by Crippen LogP contribution is -2.20. The molecule has 0 unspecified atom stereocenters. The molecular formula is C18H21N3O. The Kier molecular flexibility index (Phi) is 4.49. The minimum atomic E-state index is 0.624. The average molecular weight is 295 g/mol. The maximum atomic E-state index is 5.00. The van der Waals surface area contributed by atoms with Gasteiger partial charge in [-0.1, -0.05) is 47.6 Å². The van der Waals surface area contributed by atoms with Gasteiger partial charge in [0.25, 0.3) is 0 Å². The zero-order chi connectivity index (χ0) is 15.4. The molecule has 0 aliphatic carbocycles. The van der Waals surface area contributed by atoms with Crippen molar-refractivity contribution in [3.8, 4) is 0 Å². The van der Waals surface area contributed by atoms with Crippen LogP contribution in [0.25, 0.3) is 10.8 Å². The third kappa shape index (κ3) is 3.52. The van der Waals surface area contributed by atoms with Gasteiger partial charge in [-0.3, -0.25) is 4.90 Å². The van der Waals surface area contributed by atoms with Gasteiger partial charge < -0.3 is 4.52 Å². The summed E-state index contributed by atoms with van der Waals surface area (Å²) in [4.78, 5) is 6.47. The van der Waals surface area contributed by atoms with Crippen molar-refractivity contribution in [1.29, 1.82) is 0 Å². The molecule has 0 N–H and O–H groups in total. The molecule has 0 saturated carbocycles. The van der Waals surface area contributed by atoms with Crippen LogP contribution in [-0.4, -0.2) is 28.6 Å². The molecule has 22 heavy (non-hydrogen) atoms. The highest BCUT2D eigenvalue weighted by atomic mass is 16.5. The van der Waals surface area contributed by atoms with Crippen LogP contribution in [0.15, 0.2) is 47.0 Å². The topological polar surface area (TPSA) is 42.2 Å². The lowest BCUT2D eigenvalue weighted by Gasteiger charge is -2.14. The molecule has 1 aromatic heterocycles. The number of nitrogens with zero attached hydrogens (tertiary/aromatic N) is 3. The third-order valence-corrected chi connectivity index (χ3v) is 3.85. The lowest BCUT2D eigenvalue weighted by atomic mass is 10.0. The van der Waals surface area contributed by atoms with Gasteiger partial charge in [0.15, 0.2) is 5.82 Å². The van der Waals surface area contributed by atoms with E-state index in [-0.39, 0.29) is 0 Å². The van der Waals surface area contributed by atoms with Crippen LogP contribution in [0.1, 0.15) is 23.7 Å². The molecule has 3 aromatic rings. The number of hydrogen-bond acceptors (Lipinski definition) is 4.